The summed E-state index contributed by atoms with van der Waals surface area (Å²) in [6, 6.07) is 32.3. The third kappa shape index (κ3) is 3.26. The maximum absolute atomic E-state index is 10.9. The molecule has 148 valence electrons. The van der Waals surface area contributed by atoms with Crippen LogP contribution in [0.4, 0.5) is 0 Å². The zero-order chi connectivity index (χ0) is 20.5. The van der Waals surface area contributed by atoms with Gasteiger partial charge in [0.25, 0.3) is 0 Å². The average Bonchev–Trinajstić information content (AvgIpc) is 2.67. The van der Waals surface area contributed by atoms with Gasteiger partial charge in [-0.3, -0.25) is 0 Å². The van der Waals surface area contributed by atoms with Crippen molar-refractivity contribution in [2.45, 2.75) is 44.9 Å². The van der Waals surface area contributed by atoms with Gasteiger partial charge in [-0.25, -0.2) is 0 Å². The van der Waals surface area contributed by atoms with E-state index in [9.17, 15) is 5.11 Å². The molecule has 3 aromatic rings. The Morgan fingerprint density at radius 3 is 1.18 bits per heavy atom. The molecule has 0 aliphatic carbocycles. The van der Waals surface area contributed by atoms with Crippen LogP contribution in [0.15, 0.2) is 91.0 Å². The van der Waals surface area contributed by atoms with Crippen molar-refractivity contribution < 1.29 is 5.11 Å². The van der Waals surface area contributed by atoms with Crippen LogP contribution in [0.5, 0.6) is 0 Å². The quantitative estimate of drug-likeness (QED) is 0.467. The van der Waals surface area contributed by atoms with Crippen molar-refractivity contribution in [1.29, 1.82) is 0 Å². The molecule has 0 spiro atoms. The molecule has 0 fully saturated rings. The molecule has 0 radical (unpaired) electrons. The minimum absolute atomic E-state index is 0.256. The second-order valence-electron chi connectivity index (χ2n) is 8.82. The number of hydrogen-bond acceptors (Lipinski definition) is 1. The molecule has 0 saturated carbocycles. The Morgan fingerprint density at radius 1 is 0.643 bits per heavy atom. The summed E-state index contributed by atoms with van der Waals surface area (Å²) in [7, 11) is 0. The third-order valence-electron chi connectivity index (χ3n) is 5.73. The first-order valence-electron chi connectivity index (χ1n) is 9.73. The van der Waals surface area contributed by atoms with Gasteiger partial charge in [-0.15, -0.1) is 0 Å². The molecule has 0 amide bonds. The van der Waals surface area contributed by atoms with Gasteiger partial charge in [-0.1, -0.05) is 0 Å². The van der Waals surface area contributed by atoms with Gasteiger partial charge in [0.2, 0.25) is 0 Å². The van der Waals surface area contributed by atoms with E-state index in [0.29, 0.717) is 6.42 Å². The summed E-state index contributed by atoms with van der Waals surface area (Å²) in [4.78, 5) is 0. The monoisotopic (exact) mass is 456 g/mol. The van der Waals surface area contributed by atoms with Crippen LogP contribution in [-0.4, -0.2) is 15.9 Å². The van der Waals surface area contributed by atoms with E-state index in [4.69, 9.17) is 0 Å². The van der Waals surface area contributed by atoms with Gasteiger partial charge in [0.1, 0.15) is 0 Å². The molecule has 0 aliphatic rings. The zero-order valence-electron chi connectivity index (χ0n) is 17.1. The fourth-order valence-electron chi connectivity index (χ4n) is 4.83. The molecule has 3 rings (SSSR count). The molecule has 0 aromatic heterocycles. The van der Waals surface area contributed by atoms with E-state index < -0.39 is 10.9 Å². The van der Waals surface area contributed by atoms with Crippen LogP contribution in [0.1, 0.15) is 34.1 Å². The average molecular weight is 457 g/mol. The van der Waals surface area contributed by atoms with Gasteiger partial charge < -0.3 is 0 Å². The molecule has 0 atom stereocenters. The Bertz CT molecular complexity index is 816. The fourth-order valence-corrected chi connectivity index (χ4v) is 13.2. The molecule has 1 N–H and O–H groups in total. The van der Waals surface area contributed by atoms with Crippen LogP contribution in [0.2, 0.25) is 0 Å². The molecular weight excluding hydrogens is 427 g/mol. The van der Waals surface area contributed by atoms with Gasteiger partial charge in [0.15, 0.2) is 0 Å². The van der Waals surface area contributed by atoms with E-state index in [1.54, 1.807) is 0 Å². The molecule has 28 heavy (non-hydrogen) atoms. The molecule has 0 unspecified atom stereocenters. The molecule has 1 nitrogen and oxygen atoms in total. The molecule has 0 heterocycles. The number of rotatable bonds is 6. The maximum atomic E-state index is 10.9. The van der Waals surface area contributed by atoms with Crippen LogP contribution in [0.3, 0.4) is 0 Å². The van der Waals surface area contributed by atoms with Crippen LogP contribution in [0.25, 0.3) is 0 Å². The fraction of sp³-hybridized carbons (Fsp3) is 0.280. The first-order valence-corrected chi connectivity index (χ1v) is 14.0. The zero-order valence-corrected chi connectivity index (χ0v) is 19.6. The summed E-state index contributed by atoms with van der Waals surface area (Å²) in [5.41, 5.74) is -0.793. The summed E-state index contributed by atoms with van der Waals surface area (Å²) in [5, 5.41) is 11.3. The predicted octanol–water partition coefficient (Wildman–Crippen LogP) is 5.77. The van der Waals surface area contributed by atoms with Crippen molar-refractivity contribution in [3.63, 3.8) is 0 Å². The van der Waals surface area contributed by atoms with Crippen molar-refractivity contribution in [1.82, 2.24) is 0 Å². The van der Waals surface area contributed by atoms with Gasteiger partial charge in [0, 0.05) is 0 Å². The standard InChI is InChI=1S/C25H30BrOP/c1-24(2,27)20-25(3,4)28(26,21-14-8-5-9-15-21,22-16-10-6-11-17-22)23-18-12-7-13-19-23/h5-19,27H,20H2,1-4H3. The normalized spacial score (nSPS) is 14.3. The number of aliphatic hydroxyl groups is 1. The van der Waals surface area contributed by atoms with E-state index in [2.05, 4.69) is 120 Å². The van der Waals surface area contributed by atoms with Crippen LogP contribution >= 0.6 is 20.8 Å². The van der Waals surface area contributed by atoms with Crippen molar-refractivity contribution in [3.8, 4) is 0 Å². The topological polar surface area (TPSA) is 20.2 Å². The Hall–Kier alpha value is -1.47. The Morgan fingerprint density at radius 2 is 0.929 bits per heavy atom. The van der Waals surface area contributed by atoms with Crippen molar-refractivity contribution >= 4 is 36.7 Å². The number of hydrogen-bond donors (Lipinski definition) is 1. The van der Waals surface area contributed by atoms with Crippen LogP contribution in [0, 0.1) is 0 Å². The van der Waals surface area contributed by atoms with E-state index >= 15 is 0 Å². The number of benzene rings is 3. The SMILES string of the molecule is CC(C)(O)CC(C)(C)P(Br)(c1ccccc1)(c1ccccc1)c1ccccc1. The van der Waals surface area contributed by atoms with Crippen molar-refractivity contribution in [3.05, 3.63) is 91.0 Å². The molecule has 3 aromatic carbocycles. The summed E-state index contributed by atoms with van der Waals surface area (Å²) in [6.07, 6.45) is 0.655. The third-order valence-corrected chi connectivity index (χ3v) is 18.5. The Balaban J connectivity index is 2.51. The van der Waals surface area contributed by atoms with E-state index in [1.807, 2.05) is 13.8 Å². The summed E-state index contributed by atoms with van der Waals surface area (Å²) >= 11 is 4.51. The van der Waals surface area contributed by atoms with Gasteiger partial charge in [0.05, 0.1) is 0 Å². The van der Waals surface area contributed by atoms with E-state index in [1.165, 1.54) is 15.9 Å². The first kappa shape index (κ1) is 21.2. The van der Waals surface area contributed by atoms with Crippen LogP contribution in [-0.2, 0) is 0 Å². The van der Waals surface area contributed by atoms with Gasteiger partial charge in [-0.05, 0) is 0 Å². The number of halogens is 1. The predicted molar refractivity (Wildman–Crippen MR) is 129 cm³/mol. The first-order chi connectivity index (χ1) is 13.1. The van der Waals surface area contributed by atoms with Crippen molar-refractivity contribution in [2.24, 2.45) is 0 Å². The molecular formula is C25H30BrOP. The van der Waals surface area contributed by atoms with Crippen LogP contribution < -0.4 is 15.9 Å². The summed E-state index contributed by atoms with van der Waals surface area (Å²) in [6.45, 7) is 8.41. The summed E-state index contributed by atoms with van der Waals surface area (Å²) in [5.74, 6) is 0. The summed E-state index contributed by atoms with van der Waals surface area (Å²) < 4.78 is 0. The Kier molecular flexibility index (Phi) is 5.62. The molecule has 0 aliphatic heterocycles. The molecule has 0 saturated heterocycles. The van der Waals surface area contributed by atoms with E-state index in [0.717, 1.165) is 0 Å². The minimum atomic E-state index is -3.13. The van der Waals surface area contributed by atoms with Gasteiger partial charge in [-0.2, -0.15) is 0 Å². The second-order valence-corrected chi connectivity index (χ2v) is 17.9. The van der Waals surface area contributed by atoms with Crippen molar-refractivity contribution in [2.75, 3.05) is 0 Å². The second kappa shape index (κ2) is 7.41. The van der Waals surface area contributed by atoms with Gasteiger partial charge >= 0.3 is 178 Å². The van der Waals surface area contributed by atoms with E-state index in [-0.39, 0.29) is 5.16 Å². The molecule has 3 heteroatoms. The Labute approximate surface area is 177 Å². The molecule has 0 bridgehead atoms.